The molecule has 2 aliphatic heterocycles. The van der Waals surface area contributed by atoms with Gasteiger partial charge in [0.25, 0.3) is 5.91 Å². The van der Waals surface area contributed by atoms with Crippen molar-refractivity contribution in [1.29, 1.82) is 0 Å². The van der Waals surface area contributed by atoms with Gasteiger partial charge in [-0.15, -0.1) is 16.9 Å². The fourth-order valence-corrected chi connectivity index (χ4v) is 5.78. The first-order valence-electron chi connectivity index (χ1n) is 8.47. The van der Waals surface area contributed by atoms with E-state index >= 15 is 0 Å². The fourth-order valence-electron chi connectivity index (χ4n) is 3.00. The number of carboxylic acid groups (broad SMARTS) is 1. The van der Waals surface area contributed by atoms with Crippen LogP contribution in [-0.2, 0) is 27.9 Å². The zero-order valence-electron chi connectivity index (χ0n) is 15.4. The molecule has 0 aliphatic carbocycles. The maximum absolute atomic E-state index is 12.6. The van der Waals surface area contributed by atoms with Crippen molar-refractivity contribution in [2.45, 2.75) is 23.0 Å². The quantitative estimate of drug-likeness (QED) is 0.323. The number of aliphatic carboxylic acids is 1. The van der Waals surface area contributed by atoms with Crippen LogP contribution in [0.25, 0.3) is 0 Å². The molecule has 0 spiro atoms. The van der Waals surface area contributed by atoms with E-state index in [1.165, 1.54) is 33.1 Å². The van der Waals surface area contributed by atoms with Gasteiger partial charge in [-0.2, -0.15) is 4.37 Å². The molecule has 2 amide bonds. The number of hydrogen-bond donors (Lipinski definition) is 3. The SMILES string of the molecule is Cn1nnnc1SCC1=C(C(=O)O)N2C(=O)[C@@H](NC(=O)Cc3nsc(N)n3)[C@H]2SC1. The summed E-state index contributed by atoms with van der Waals surface area (Å²) < 4.78 is 5.42. The van der Waals surface area contributed by atoms with Gasteiger partial charge in [0.2, 0.25) is 11.1 Å². The number of hydrogen-bond acceptors (Lipinski definition) is 12. The van der Waals surface area contributed by atoms with Crippen LogP contribution in [0.2, 0.25) is 0 Å². The first kappa shape index (κ1) is 20.5. The number of carboxylic acids is 1. The Balaban J connectivity index is 1.44. The van der Waals surface area contributed by atoms with Gasteiger partial charge < -0.3 is 16.2 Å². The number of nitrogen functional groups attached to an aromatic ring is 1. The number of β-lactam (4-membered cyclic amide) rings is 1. The molecular formula is C14H15N9O4S3. The maximum Gasteiger partial charge on any atom is 0.352 e. The van der Waals surface area contributed by atoms with Gasteiger partial charge in [-0.3, -0.25) is 14.5 Å². The van der Waals surface area contributed by atoms with E-state index in [-0.39, 0.29) is 23.1 Å². The summed E-state index contributed by atoms with van der Waals surface area (Å²) >= 11 is 3.66. The molecule has 1 fully saturated rings. The van der Waals surface area contributed by atoms with Crippen LogP contribution in [0.1, 0.15) is 5.82 Å². The van der Waals surface area contributed by atoms with Crippen molar-refractivity contribution in [2.24, 2.45) is 7.05 Å². The van der Waals surface area contributed by atoms with Gasteiger partial charge in [0.05, 0.1) is 6.42 Å². The van der Waals surface area contributed by atoms with Crippen molar-refractivity contribution in [3.8, 4) is 0 Å². The summed E-state index contributed by atoms with van der Waals surface area (Å²) in [6.07, 6.45) is -0.107. The number of tetrazole rings is 1. The molecule has 0 unspecified atom stereocenters. The third-order valence-electron chi connectivity index (χ3n) is 4.33. The molecule has 13 nitrogen and oxygen atoms in total. The second kappa shape index (κ2) is 8.19. The Bertz CT molecular complexity index is 1050. The van der Waals surface area contributed by atoms with Crippen molar-refractivity contribution in [3.05, 3.63) is 17.1 Å². The van der Waals surface area contributed by atoms with Crippen LogP contribution in [0.3, 0.4) is 0 Å². The minimum atomic E-state index is -1.19. The van der Waals surface area contributed by atoms with E-state index in [1.54, 1.807) is 7.05 Å². The van der Waals surface area contributed by atoms with E-state index in [1.807, 2.05) is 0 Å². The Hall–Kier alpha value is -2.72. The highest BCUT2D eigenvalue weighted by atomic mass is 32.2. The lowest BCUT2D eigenvalue weighted by molar-refractivity contribution is -0.150. The Morgan fingerprint density at radius 1 is 1.43 bits per heavy atom. The van der Waals surface area contributed by atoms with E-state index in [9.17, 15) is 19.5 Å². The Morgan fingerprint density at radius 3 is 2.87 bits per heavy atom. The lowest BCUT2D eigenvalue weighted by Gasteiger charge is -2.49. The lowest BCUT2D eigenvalue weighted by Crippen LogP contribution is -2.70. The molecule has 4 heterocycles. The van der Waals surface area contributed by atoms with Gasteiger partial charge in [0.1, 0.15) is 17.1 Å². The van der Waals surface area contributed by atoms with E-state index in [0.29, 0.717) is 22.2 Å². The molecule has 2 aromatic heterocycles. The highest BCUT2D eigenvalue weighted by Crippen LogP contribution is 2.41. The summed E-state index contributed by atoms with van der Waals surface area (Å²) in [4.78, 5) is 41.9. The Kier molecular flexibility index (Phi) is 5.61. The summed E-state index contributed by atoms with van der Waals surface area (Å²) in [5.41, 5.74) is 6.04. The van der Waals surface area contributed by atoms with Gasteiger partial charge in [-0.1, -0.05) is 11.8 Å². The number of anilines is 1. The van der Waals surface area contributed by atoms with Crippen molar-refractivity contribution in [2.75, 3.05) is 17.2 Å². The van der Waals surface area contributed by atoms with Gasteiger partial charge in [-0.05, 0) is 16.0 Å². The fraction of sp³-hybridized carbons (Fsp3) is 0.429. The van der Waals surface area contributed by atoms with Crippen LogP contribution in [0, 0.1) is 0 Å². The normalized spacial score (nSPS) is 20.7. The number of nitrogens with one attached hydrogen (secondary N) is 1. The van der Waals surface area contributed by atoms with E-state index < -0.39 is 29.2 Å². The van der Waals surface area contributed by atoms with Gasteiger partial charge >= 0.3 is 5.97 Å². The summed E-state index contributed by atoms with van der Waals surface area (Å²) in [7, 11) is 1.68. The van der Waals surface area contributed by atoms with E-state index in [0.717, 1.165) is 11.5 Å². The summed E-state index contributed by atoms with van der Waals surface area (Å²) in [6, 6.07) is -0.801. The van der Waals surface area contributed by atoms with Gasteiger partial charge in [-0.25, -0.2) is 14.5 Å². The number of aryl methyl sites for hydroxylation is 1. The summed E-state index contributed by atoms with van der Waals surface area (Å²) in [5, 5.41) is 23.8. The molecule has 0 bridgehead atoms. The van der Waals surface area contributed by atoms with Crippen LogP contribution >= 0.6 is 35.1 Å². The number of amides is 2. The molecule has 0 radical (unpaired) electrons. The lowest BCUT2D eigenvalue weighted by atomic mass is 10.0. The molecule has 4 rings (SSSR count). The molecule has 0 saturated carbocycles. The standard InChI is InChI=1S/C14H15N9O4S3/c1-22-14(18-20-21-22)29-4-5-3-28-11-8(10(25)23(11)9(5)12(26)27)17-7(24)2-6-16-13(15)30-19-6/h8,11H,2-4H2,1H3,(H,17,24)(H,26,27)(H2,15,16,19)/t8-,11-/m1/s1. The topological polar surface area (TPSA) is 182 Å². The monoisotopic (exact) mass is 469 g/mol. The number of nitrogens with two attached hydrogens (primary N) is 1. The molecule has 2 atom stereocenters. The predicted molar refractivity (Wildman–Crippen MR) is 107 cm³/mol. The summed E-state index contributed by atoms with van der Waals surface area (Å²) in [6.45, 7) is 0. The van der Waals surface area contributed by atoms with Crippen molar-refractivity contribution < 1.29 is 19.5 Å². The molecule has 30 heavy (non-hydrogen) atoms. The van der Waals surface area contributed by atoms with Gasteiger partial charge in [0, 0.05) is 30.1 Å². The second-order valence-corrected chi connectivity index (χ2v) is 9.14. The molecule has 158 valence electrons. The number of carbonyl (C=O) groups is 3. The Labute approximate surface area is 181 Å². The van der Waals surface area contributed by atoms with Crippen molar-refractivity contribution in [3.63, 3.8) is 0 Å². The Morgan fingerprint density at radius 2 is 2.23 bits per heavy atom. The number of rotatable bonds is 7. The second-order valence-electron chi connectivity index (χ2n) is 6.31. The van der Waals surface area contributed by atoms with Crippen LogP contribution in [0.15, 0.2) is 16.4 Å². The molecule has 2 aromatic rings. The van der Waals surface area contributed by atoms with Gasteiger partial charge in [0.15, 0.2) is 11.0 Å². The number of aromatic nitrogens is 6. The van der Waals surface area contributed by atoms with E-state index in [4.69, 9.17) is 5.73 Å². The molecule has 16 heteroatoms. The third kappa shape index (κ3) is 3.84. The zero-order valence-corrected chi connectivity index (χ0v) is 17.8. The zero-order chi connectivity index (χ0) is 21.4. The minimum absolute atomic E-state index is 0.0502. The number of thioether (sulfide) groups is 2. The maximum atomic E-state index is 12.6. The first-order chi connectivity index (χ1) is 14.3. The smallest absolute Gasteiger partial charge is 0.352 e. The van der Waals surface area contributed by atoms with Crippen LogP contribution in [0.5, 0.6) is 0 Å². The number of nitrogens with zero attached hydrogens (tertiary/aromatic N) is 7. The predicted octanol–water partition coefficient (Wildman–Crippen LogP) is -1.28. The highest BCUT2D eigenvalue weighted by molar-refractivity contribution is 8.01. The number of fused-ring (bicyclic) bond motifs is 1. The third-order valence-corrected chi connectivity index (χ3v) is 7.34. The molecule has 2 aliphatic rings. The average Bonchev–Trinajstić information content (AvgIpc) is 3.31. The minimum Gasteiger partial charge on any atom is -0.477 e. The average molecular weight is 470 g/mol. The molecule has 1 saturated heterocycles. The summed E-state index contributed by atoms with van der Waals surface area (Å²) in [5.74, 6) is -1.07. The molecule has 4 N–H and O–H groups in total. The van der Waals surface area contributed by atoms with Crippen LogP contribution in [-0.4, -0.2) is 80.3 Å². The molecular weight excluding hydrogens is 454 g/mol. The first-order valence-corrected chi connectivity index (χ1v) is 11.3. The van der Waals surface area contributed by atoms with Crippen LogP contribution in [0.4, 0.5) is 5.13 Å². The number of carbonyl (C=O) groups excluding carboxylic acids is 2. The van der Waals surface area contributed by atoms with Crippen molar-refractivity contribution >= 4 is 58.0 Å². The van der Waals surface area contributed by atoms with Crippen LogP contribution < -0.4 is 11.1 Å². The van der Waals surface area contributed by atoms with E-state index in [2.05, 4.69) is 30.2 Å². The largest absolute Gasteiger partial charge is 0.477 e. The van der Waals surface area contributed by atoms with Crippen molar-refractivity contribution in [1.82, 2.24) is 39.8 Å². The highest BCUT2D eigenvalue weighted by Gasteiger charge is 2.54. The molecule has 0 aromatic carbocycles.